The molecule has 12 heavy (non-hydrogen) atoms. The van der Waals surface area contributed by atoms with Crippen LogP contribution in [0.2, 0.25) is 0 Å². The summed E-state index contributed by atoms with van der Waals surface area (Å²) in [4.78, 5) is 0. The Morgan fingerprint density at radius 1 is 1.33 bits per heavy atom. The van der Waals surface area contributed by atoms with Crippen molar-refractivity contribution >= 4 is 5.69 Å². The van der Waals surface area contributed by atoms with Crippen LogP contribution in [0.4, 0.5) is 10.1 Å². The first-order valence-corrected chi connectivity index (χ1v) is 3.12. The second-order valence-electron chi connectivity index (χ2n) is 2.04. The van der Waals surface area contributed by atoms with Gasteiger partial charge in [-0.2, -0.15) is 10.5 Å². The van der Waals surface area contributed by atoms with Crippen molar-refractivity contribution < 1.29 is 4.39 Å². The Balaban J connectivity index is 3.15. The maximum absolute atomic E-state index is 12.5. The maximum atomic E-state index is 12.5. The second kappa shape index (κ2) is 3.36. The van der Waals surface area contributed by atoms with Crippen LogP contribution in [-0.4, -0.2) is 0 Å². The van der Waals surface area contributed by atoms with E-state index in [0.717, 1.165) is 6.07 Å². The Morgan fingerprint density at radius 3 is 2.67 bits per heavy atom. The molecule has 0 atom stereocenters. The number of rotatable bonds is 1. The van der Waals surface area contributed by atoms with Gasteiger partial charge in [-0.25, -0.2) is 4.39 Å². The Labute approximate surface area is 68.7 Å². The molecule has 4 heteroatoms. The van der Waals surface area contributed by atoms with Crippen molar-refractivity contribution in [1.82, 2.24) is 0 Å². The zero-order valence-corrected chi connectivity index (χ0v) is 6.00. The van der Waals surface area contributed by atoms with Crippen LogP contribution in [0.25, 0.3) is 0 Å². The zero-order chi connectivity index (χ0) is 8.97. The lowest BCUT2D eigenvalue weighted by Gasteiger charge is -1.98. The van der Waals surface area contributed by atoms with E-state index in [1.807, 2.05) is 0 Å². The Hall–Kier alpha value is -2.07. The topological polar surface area (TPSA) is 59.6 Å². The maximum Gasteiger partial charge on any atom is 0.181 e. The van der Waals surface area contributed by atoms with Crippen molar-refractivity contribution in [2.24, 2.45) is 0 Å². The first-order chi connectivity index (χ1) is 5.77. The van der Waals surface area contributed by atoms with Crippen LogP contribution >= 0.6 is 0 Å². The number of hydrogen-bond acceptors (Lipinski definition) is 3. The first kappa shape index (κ1) is 8.03. The van der Waals surface area contributed by atoms with Crippen LogP contribution < -0.4 is 5.32 Å². The lowest BCUT2D eigenvalue weighted by Crippen LogP contribution is -1.91. The smallest absolute Gasteiger partial charge is 0.181 e. The summed E-state index contributed by atoms with van der Waals surface area (Å²) in [7, 11) is 0. The largest absolute Gasteiger partial charge is 0.291 e. The van der Waals surface area contributed by atoms with Crippen molar-refractivity contribution in [2.75, 3.05) is 5.32 Å². The van der Waals surface area contributed by atoms with Crippen LogP contribution in [0, 0.1) is 28.6 Å². The molecular weight excluding hydrogens is 157 g/mol. The van der Waals surface area contributed by atoms with Crippen LogP contribution in [-0.2, 0) is 0 Å². The molecule has 0 aliphatic heterocycles. The fourth-order valence-corrected chi connectivity index (χ4v) is 0.778. The molecule has 0 fully saturated rings. The van der Waals surface area contributed by atoms with E-state index < -0.39 is 5.82 Å². The van der Waals surface area contributed by atoms with Gasteiger partial charge in [0.1, 0.15) is 11.9 Å². The minimum absolute atomic E-state index is 0.122. The highest BCUT2D eigenvalue weighted by atomic mass is 19.1. The second-order valence-corrected chi connectivity index (χ2v) is 2.04. The molecule has 0 radical (unpaired) electrons. The van der Waals surface area contributed by atoms with Crippen molar-refractivity contribution in [3.05, 3.63) is 29.6 Å². The van der Waals surface area contributed by atoms with Gasteiger partial charge in [0.05, 0.1) is 11.3 Å². The Bertz CT molecular complexity index is 373. The van der Waals surface area contributed by atoms with E-state index >= 15 is 0 Å². The molecule has 0 bridgehead atoms. The summed E-state index contributed by atoms with van der Waals surface area (Å²) in [5.74, 6) is -0.491. The Morgan fingerprint density at radius 2 is 2.08 bits per heavy atom. The minimum Gasteiger partial charge on any atom is -0.291 e. The minimum atomic E-state index is -0.491. The van der Waals surface area contributed by atoms with Crippen LogP contribution in [0.15, 0.2) is 18.2 Å². The molecule has 3 nitrogen and oxygen atoms in total. The fourth-order valence-electron chi connectivity index (χ4n) is 0.778. The average Bonchev–Trinajstić information content (AvgIpc) is 2.08. The van der Waals surface area contributed by atoms with Gasteiger partial charge in [0.25, 0.3) is 0 Å². The molecule has 0 unspecified atom stereocenters. The van der Waals surface area contributed by atoms with E-state index in [4.69, 9.17) is 10.5 Å². The number of benzene rings is 1. The molecule has 0 saturated heterocycles. The molecule has 0 aliphatic carbocycles. The molecule has 0 aromatic heterocycles. The predicted molar refractivity (Wildman–Crippen MR) is 40.4 cm³/mol. The molecule has 0 spiro atoms. The third-order valence-electron chi connectivity index (χ3n) is 1.29. The molecule has 0 aliphatic rings. The van der Waals surface area contributed by atoms with Gasteiger partial charge in [0.2, 0.25) is 0 Å². The highest BCUT2D eigenvalue weighted by molar-refractivity contribution is 5.59. The van der Waals surface area contributed by atoms with E-state index in [1.165, 1.54) is 12.1 Å². The molecule has 0 saturated carbocycles. The quantitative estimate of drug-likeness (QED) is 0.502. The van der Waals surface area contributed by atoms with Gasteiger partial charge >= 0.3 is 0 Å². The summed E-state index contributed by atoms with van der Waals surface area (Å²) in [6.07, 6.45) is 1.65. The predicted octanol–water partition coefficient (Wildman–Crippen LogP) is 1.59. The van der Waals surface area contributed by atoms with Crippen LogP contribution in [0.1, 0.15) is 5.56 Å². The summed E-state index contributed by atoms with van der Waals surface area (Å²) in [6.45, 7) is 0. The number of nitrogens with one attached hydrogen (secondary N) is 1. The van der Waals surface area contributed by atoms with Gasteiger partial charge in [0.15, 0.2) is 6.19 Å². The van der Waals surface area contributed by atoms with E-state index in [2.05, 4.69) is 5.32 Å². The highest BCUT2D eigenvalue weighted by Gasteiger charge is 2.01. The molecule has 1 N–H and O–H groups in total. The molecule has 1 aromatic carbocycles. The third kappa shape index (κ3) is 1.50. The summed E-state index contributed by atoms with van der Waals surface area (Å²) < 4.78 is 12.5. The van der Waals surface area contributed by atoms with Crippen LogP contribution in [0.3, 0.4) is 0 Å². The van der Waals surface area contributed by atoms with E-state index in [-0.39, 0.29) is 5.56 Å². The normalized spacial score (nSPS) is 8.25. The summed E-state index contributed by atoms with van der Waals surface area (Å²) in [5.41, 5.74) is 0.443. The average molecular weight is 161 g/mol. The molecule has 0 heterocycles. The van der Waals surface area contributed by atoms with Crippen molar-refractivity contribution in [2.45, 2.75) is 0 Å². The van der Waals surface area contributed by atoms with Gasteiger partial charge in [0, 0.05) is 0 Å². The zero-order valence-electron chi connectivity index (χ0n) is 6.00. The van der Waals surface area contributed by atoms with E-state index in [9.17, 15) is 4.39 Å². The molecular formula is C8H4FN3. The van der Waals surface area contributed by atoms with Crippen molar-refractivity contribution in [1.29, 1.82) is 10.5 Å². The number of hydrogen-bond donors (Lipinski definition) is 1. The molecule has 58 valence electrons. The van der Waals surface area contributed by atoms with E-state index in [0.29, 0.717) is 5.69 Å². The number of nitriles is 2. The monoisotopic (exact) mass is 161 g/mol. The van der Waals surface area contributed by atoms with Crippen molar-refractivity contribution in [3.8, 4) is 12.3 Å². The molecule has 1 rings (SSSR count). The van der Waals surface area contributed by atoms with Crippen molar-refractivity contribution in [3.63, 3.8) is 0 Å². The number of nitrogens with zero attached hydrogens (tertiary/aromatic N) is 2. The number of halogens is 1. The van der Waals surface area contributed by atoms with Gasteiger partial charge in [-0.15, -0.1) is 0 Å². The highest BCUT2D eigenvalue weighted by Crippen LogP contribution is 2.14. The van der Waals surface area contributed by atoms with Crippen LogP contribution in [0.5, 0.6) is 0 Å². The SMILES string of the molecule is N#CNc1ccc(F)cc1C#N. The van der Waals surface area contributed by atoms with Gasteiger partial charge in [-0.1, -0.05) is 0 Å². The number of anilines is 1. The molecule has 1 aromatic rings. The van der Waals surface area contributed by atoms with E-state index in [1.54, 1.807) is 12.3 Å². The Kier molecular flexibility index (Phi) is 2.25. The summed E-state index contributed by atoms with van der Waals surface area (Å²) >= 11 is 0. The summed E-state index contributed by atoms with van der Waals surface area (Å²) in [5, 5.41) is 19.0. The van der Waals surface area contributed by atoms with Gasteiger partial charge < -0.3 is 0 Å². The molecule has 0 amide bonds. The van der Waals surface area contributed by atoms with Gasteiger partial charge in [-0.3, -0.25) is 5.32 Å². The van der Waals surface area contributed by atoms with Gasteiger partial charge in [-0.05, 0) is 18.2 Å². The standard InChI is InChI=1S/C8H4FN3/c9-7-1-2-8(12-5-11)6(3-7)4-10/h1-3,12H. The lowest BCUT2D eigenvalue weighted by atomic mass is 10.2. The fraction of sp³-hybridized carbons (Fsp3) is 0. The third-order valence-corrected chi connectivity index (χ3v) is 1.29. The summed E-state index contributed by atoms with van der Waals surface area (Å²) in [6, 6.07) is 5.36. The lowest BCUT2D eigenvalue weighted by molar-refractivity contribution is 0.627. The first-order valence-electron chi connectivity index (χ1n) is 3.12.